The van der Waals surface area contributed by atoms with Crippen LogP contribution in [0.2, 0.25) is 0 Å². The van der Waals surface area contributed by atoms with Crippen LogP contribution in [0.25, 0.3) is 0 Å². The Morgan fingerprint density at radius 2 is 1.68 bits per heavy atom. The Labute approximate surface area is 152 Å². The van der Waals surface area contributed by atoms with Gasteiger partial charge in [-0.25, -0.2) is 9.97 Å². The number of carbonyl (C=O) groups excluding carboxylic acids is 1. The van der Waals surface area contributed by atoms with E-state index < -0.39 is 0 Å². The fourth-order valence-electron chi connectivity index (χ4n) is 2.16. The van der Waals surface area contributed by atoms with Crippen molar-refractivity contribution < 1.29 is 14.3 Å². The summed E-state index contributed by atoms with van der Waals surface area (Å²) >= 11 is 1.34. The van der Waals surface area contributed by atoms with Crippen LogP contribution in [0.4, 0.5) is 5.69 Å². The second-order valence-electron chi connectivity index (χ2n) is 5.62. The van der Waals surface area contributed by atoms with E-state index in [4.69, 9.17) is 9.47 Å². The number of anilines is 1. The van der Waals surface area contributed by atoms with E-state index in [1.165, 1.54) is 11.8 Å². The van der Waals surface area contributed by atoms with Crippen LogP contribution in [0.15, 0.2) is 23.4 Å². The molecule has 6 nitrogen and oxygen atoms in total. The quantitative estimate of drug-likeness (QED) is 0.627. The third-order valence-electron chi connectivity index (χ3n) is 3.91. The number of hydrogen-bond donors (Lipinski definition) is 1. The lowest BCUT2D eigenvalue weighted by atomic mass is 10.2. The van der Waals surface area contributed by atoms with E-state index in [1.807, 2.05) is 27.7 Å². The van der Waals surface area contributed by atoms with Gasteiger partial charge in [0.15, 0.2) is 16.7 Å². The predicted molar refractivity (Wildman–Crippen MR) is 99.7 cm³/mol. The van der Waals surface area contributed by atoms with Crippen LogP contribution >= 0.6 is 11.8 Å². The minimum absolute atomic E-state index is 0.128. The summed E-state index contributed by atoms with van der Waals surface area (Å²) < 4.78 is 10.4. The summed E-state index contributed by atoms with van der Waals surface area (Å²) in [4.78, 5) is 21.3. The lowest BCUT2D eigenvalue weighted by molar-refractivity contribution is -0.115. The van der Waals surface area contributed by atoms with Gasteiger partial charge in [0.2, 0.25) is 5.91 Å². The number of methoxy groups -OCH3 is 2. The lowest BCUT2D eigenvalue weighted by Crippen LogP contribution is -2.22. The molecule has 1 aromatic carbocycles. The number of rotatable bonds is 6. The molecule has 0 radical (unpaired) electrons. The second-order valence-corrected chi connectivity index (χ2v) is 6.93. The van der Waals surface area contributed by atoms with Crippen molar-refractivity contribution in [2.24, 2.45) is 0 Å². The van der Waals surface area contributed by atoms with Gasteiger partial charge >= 0.3 is 0 Å². The van der Waals surface area contributed by atoms with E-state index in [1.54, 1.807) is 32.4 Å². The maximum absolute atomic E-state index is 12.4. The van der Waals surface area contributed by atoms with Crippen molar-refractivity contribution in [3.05, 3.63) is 35.2 Å². The van der Waals surface area contributed by atoms with Crippen LogP contribution in [-0.2, 0) is 4.79 Å². The molecule has 0 saturated carbocycles. The van der Waals surface area contributed by atoms with E-state index in [0.29, 0.717) is 22.3 Å². The predicted octanol–water partition coefficient (Wildman–Crippen LogP) is 3.54. The molecule has 0 spiro atoms. The van der Waals surface area contributed by atoms with E-state index in [2.05, 4.69) is 15.3 Å². The molecule has 1 amide bonds. The van der Waals surface area contributed by atoms with Crippen LogP contribution in [0.5, 0.6) is 11.5 Å². The molecule has 2 aromatic rings. The first kappa shape index (κ1) is 19.1. The average Bonchev–Trinajstić information content (AvgIpc) is 2.59. The summed E-state index contributed by atoms with van der Waals surface area (Å²) in [6.45, 7) is 7.71. The summed E-state index contributed by atoms with van der Waals surface area (Å²) in [6, 6.07) is 5.25. The molecule has 0 bridgehead atoms. The summed E-state index contributed by atoms with van der Waals surface area (Å²) in [6.07, 6.45) is 0. The van der Waals surface area contributed by atoms with Gasteiger partial charge in [0, 0.05) is 23.1 Å². The van der Waals surface area contributed by atoms with Gasteiger partial charge < -0.3 is 14.8 Å². The molecule has 1 N–H and O–H groups in total. The number of benzene rings is 1. The number of amides is 1. The second kappa shape index (κ2) is 8.20. The zero-order valence-corrected chi connectivity index (χ0v) is 16.2. The summed E-state index contributed by atoms with van der Waals surface area (Å²) in [5, 5.41) is 3.15. The van der Waals surface area contributed by atoms with Crippen LogP contribution in [0.1, 0.15) is 23.9 Å². The number of aromatic nitrogens is 2. The standard InChI is InChI=1S/C18H23N3O3S/c1-10-11(2)19-18(20-12(10)3)25-13(4)17(22)21-14-7-8-15(23-5)16(9-14)24-6/h7-9,13H,1-6H3,(H,21,22)/t13-/m1/s1. The number of carbonyl (C=O) groups is 1. The van der Waals surface area contributed by atoms with Gasteiger partial charge in [-0.2, -0.15) is 0 Å². The fraction of sp³-hybridized carbons (Fsp3) is 0.389. The molecule has 134 valence electrons. The normalized spacial score (nSPS) is 11.8. The number of nitrogens with zero attached hydrogens (tertiary/aromatic N) is 2. The smallest absolute Gasteiger partial charge is 0.237 e. The number of aryl methyl sites for hydroxylation is 2. The first-order chi connectivity index (χ1) is 11.8. The molecule has 25 heavy (non-hydrogen) atoms. The van der Waals surface area contributed by atoms with E-state index in [9.17, 15) is 4.79 Å². The summed E-state index contributed by atoms with van der Waals surface area (Å²) in [5.41, 5.74) is 3.59. The molecule has 7 heteroatoms. The molecule has 2 rings (SSSR count). The van der Waals surface area contributed by atoms with Gasteiger partial charge in [-0.3, -0.25) is 4.79 Å². The van der Waals surface area contributed by atoms with Crippen molar-refractivity contribution >= 4 is 23.4 Å². The zero-order valence-electron chi connectivity index (χ0n) is 15.3. The highest BCUT2D eigenvalue weighted by molar-refractivity contribution is 8.00. The van der Waals surface area contributed by atoms with Crippen molar-refractivity contribution in [3.63, 3.8) is 0 Å². The van der Waals surface area contributed by atoms with Crippen LogP contribution in [0, 0.1) is 20.8 Å². The summed E-state index contributed by atoms with van der Waals surface area (Å²) in [7, 11) is 3.13. The van der Waals surface area contributed by atoms with Crippen LogP contribution in [-0.4, -0.2) is 35.3 Å². The van der Waals surface area contributed by atoms with Gasteiger partial charge in [-0.1, -0.05) is 11.8 Å². The molecule has 1 atom stereocenters. The molecule has 0 unspecified atom stereocenters. The van der Waals surface area contributed by atoms with Gasteiger partial charge in [-0.05, 0) is 45.4 Å². The Kier molecular flexibility index (Phi) is 6.25. The number of nitrogens with one attached hydrogen (secondary N) is 1. The van der Waals surface area contributed by atoms with Crippen molar-refractivity contribution in [1.29, 1.82) is 0 Å². The largest absolute Gasteiger partial charge is 0.493 e. The van der Waals surface area contributed by atoms with Gasteiger partial charge in [0.05, 0.1) is 19.5 Å². The molecule has 0 aliphatic rings. The maximum Gasteiger partial charge on any atom is 0.237 e. The highest BCUT2D eigenvalue weighted by Gasteiger charge is 2.18. The SMILES string of the molecule is COc1ccc(NC(=O)[C@@H](C)Sc2nc(C)c(C)c(C)n2)cc1OC. The molecule has 1 heterocycles. The minimum atomic E-state index is -0.338. The van der Waals surface area contributed by atoms with Crippen molar-refractivity contribution in [2.75, 3.05) is 19.5 Å². The first-order valence-corrected chi connectivity index (χ1v) is 8.75. The van der Waals surface area contributed by atoms with E-state index in [0.717, 1.165) is 17.0 Å². The highest BCUT2D eigenvalue weighted by atomic mass is 32.2. The van der Waals surface area contributed by atoms with Gasteiger partial charge in [-0.15, -0.1) is 0 Å². The van der Waals surface area contributed by atoms with Crippen molar-refractivity contribution in [1.82, 2.24) is 9.97 Å². The first-order valence-electron chi connectivity index (χ1n) is 7.87. The topological polar surface area (TPSA) is 73.3 Å². The number of hydrogen-bond acceptors (Lipinski definition) is 6. The fourth-order valence-corrected chi connectivity index (χ4v) is 3.03. The Balaban J connectivity index is 2.08. The molecule has 0 aliphatic carbocycles. The molecule has 0 fully saturated rings. The molecular weight excluding hydrogens is 338 g/mol. The monoisotopic (exact) mass is 361 g/mol. The zero-order chi connectivity index (χ0) is 18.6. The molecule has 1 aromatic heterocycles. The lowest BCUT2D eigenvalue weighted by Gasteiger charge is -2.14. The average molecular weight is 361 g/mol. The highest BCUT2D eigenvalue weighted by Crippen LogP contribution is 2.30. The number of thioether (sulfide) groups is 1. The van der Waals surface area contributed by atoms with E-state index in [-0.39, 0.29) is 11.2 Å². The Bertz CT molecular complexity index is 757. The van der Waals surface area contributed by atoms with Gasteiger partial charge in [0.25, 0.3) is 0 Å². The van der Waals surface area contributed by atoms with Gasteiger partial charge in [0.1, 0.15) is 0 Å². The van der Waals surface area contributed by atoms with Crippen LogP contribution < -0.4 is 14.8 Å². The minimum Gasteiger partial charge on any atom is -0.493 e. The Hall–Kier alpha value is -2.28. The third-order valence-corrected chi connectivity index (χ3v) is 4.88. The van der Waals surface area contributed by atoms with Crippen molar-refractivity contribution in [3.8, 4) is 11.5 Å². The third kappa shape index (κ3) is 4.63. The number of ether oxygens (including phenoxy) is 2. The summed E-state index contributed by atoms with van der Waals surface area (Å²) in [5.74, 6) is 1.05. The molecular formula is C18H23N3O3S. The Morgan fingerprint density at radius 1 is 1.08 bits per heavy atom. The molecule has 0 saturated heterocycles. The Morgan fingerprint density at radius 3 is 2.24 bits per heavy atom. The van der Waals surface area contributed by atoms with E-state index >= 15 is 0 Å². The van der Waals surface area contributed by atoms with Crippen LogP contribution in [0.3, 0.4) is 0 Å². The van der Waals surface area contributed by atoms with Crippen molar-refractivity contribution in [2.45, 2.75) is 38.1 Å². The molecule has 0 aliphatic heterocycles. The maximum atomic E-state index is 12.4.